The van der Waals surface area contributed by atoms with Gasteiger partial charge in [-0.15, -0.1) is 0 Å². The topological polar surface area (TPSA) is 33.7 Å². The molecule has 0 bridgehead atoms. The van der Waals surface area contributed by atoms with Gasteiger partial charge in [-0.05, 0) is 45.7 Å². The molecule has 0 aromatic rings. The van der Waals surface area contributed by atoms with Crippen molar-refractivity contribution in [2.45, 2.75) is 63.3 Å². The summed E-state index contributed by atoms with van der Waals surface area (Å²) < 4.78 is 11.6. The second-order valence-corrected chi connectivity index (χ2v) is 6.46. The van der Waals surface area contributed by atoms with Gasteiger partial charge in [-0.2, -0.15) is 0 Å². The van der Waals surface area contributed by atoms with Gasteiger partial charge in [0.1, 0.15) is 0 Å². The van der Waals surface area contributed by atoms with Gasteiger partial charge >= 0.3 is 0 Å². The van der Waals surface area contributed by atoms with Crippen molar-refractivity contribution < 1.29 is 9.47 Å². The second kappa shape index (κ2) is 6.08. The normalized spacial score (nSPS) is 30.2. The second-order valence-electron chi connectivity index (χ2n) is 6.46. The minimum atomic E-state index is -0.212. The van der Waals surface area contributed by atoms with E-state index < -0.39 is 0 Å². The molecule has 1 aliphatic carbocycles. The Morgan fingerprint density at radius 3 is 2.42 bits per heavy atom. The van der Waals surface area contributed by atoms with E-state index in [-0.39, 0.29) is 5.79 Å². The molecule has 0 aromatic carbocycles. The molecule has 3 aliphatic rings. The highest BCUT2D eigenvalue weighted by molar-refractivity contribution is 4.87. The van der Waals surface area contributed by atoms with Gasteiger partial charge in [0.2, 0.25) is 0 Å². The van der Waals surface area contributed by atoms with Gasteiger partial charge in [0, 0.05) is 31.5 Å². The van der Waals surface area contributed by atoms with Crippen LogP contribution >= 0.6 is 0 Å². The lowest BCUT2D eigenvalue weighted by Gasteiger charge is -2.37. The van der Waals surface area contributed by atoms with Crippen LogP contribution in [0.4, 0.5) is 0 Å². The van der Waals surface area contributed by atoms with E-state index in [9.17, 15) is 0 Å². The Hall–Kier alpha value is -0.160. The molecule has 1 atom stereocenters. The van der Waals surface area contributed by atoms with E-state index in [0.29, 0.717) is 12.1 Å². The number of ether oxygens (including phenoxy) is 2. The highest BCUT2D eigenvalue weighted by Gasteiger charge is 2.40. The summed E-state index contributed by atoms with van der Waals surface area (Å²) in [7, 11) is 0. The molecule has 0 amide bonds. The first-order valence-corrected chi connectivity index (χ1v) is 8.02. The smallest absolute Gasteiger partial charge is 0.168 e. The molecule has 1 saturated carbocycles. The third-order valence-corrected chi connectivity index (χ3v) is 4.81. The Labute approximate surface area is 116 Å². The van der Waals surface area contributed by atoms with Crippen molar-refractivity contribution in [2.24, 2.45) is 0 Å². The van der Waals surface area contributed by atoms with Crippen molar-refractivity contribution in [1.29, 1.82) is 0 Å². The van der Waals surface area contributed by atoms with Crippen LogP contribution in [0.15, 0.2) is 0 Å². The van der Waals surface area contributed by atoms with E-state index >= 15 is 0 Å². The van der Waals surface area contributed by atoms with Gasteiger partial charge in [0.25, 0.3) is 0 Å². The molecule has 3 fully saturated rings. The summed E-state index contributed by atoms with van der Waals surface area (Å²) in [6, 6.07) is 1.25. The number of nitrogens with one attached hydrogen (secondary N) is 1. The molecule has 1 N–H and O–H groups in total. The minimum Gasteiger partial charge on any atom is -0.348 e. The standard InChI is InChI=1S/C15H28N2O2/c1-13(12-17-8-2-3-9-17)16-14-4-6-15(7-5-14)18-10-11-19-15/h13-14,16H,2-12H2,1H3. The third kappa shape index (κ3) is 3.48. The summed E-state index contributed by atoms with van der Waals surface area (Å²) in [4.78, 5) is 2.59. The first-order valence-electron chi connectivity index (χ1n) is 8.02. The molecule has 19 heavy (non-hydrogen) atoms. The van der Waals surface area contributed by atoms with Crippen LogP contribution in [0.25, 0.3) is 0 Å². The maximum absolute atomic E-state index is 5.78. The maximum atomic E-state index is 5.78. The zero-order chi connectivity index (χ0) is 13.1. The molecule has 4 nitrogen and oxygen atoms in total. The van der Waals surface area contributed by atoms with Crippen molar-refractivity contribution in [1.82, 2.24) is 10.2 Å². The first kappa shape index (κ1) is 13.8. The number of likely N-dealkylation sites (tertiary alicyclic amines) is 1. The van der Waals surface area contributed by atoms with Gasteiger partial charge in [0.15, 0.2) is 5.79 Å². The summed E-state index contributed by atoms with van der Waals surface area (Å²) in [5.74, 6) is -0.212. The van der Waals surface area contributed by atoms with Gasteiger partial charge in [0.05, 0.1) is 13.2 Å². The first-order chi connectivity index (χ1) is 9.26. The maximum Gasteiger partial charge on any atom is 0.168 e. The van der Waals surface area contributed by atoms with Crippen LogP contribution in [-0.4, -0.2) is 55.6 Å². The summed E-state index contributed by atoms with van der Waals surface area (Å²) in [5.41, 5.74) is 0. The number of hydrogen-bond acceptors (Lipinski definition) is 4. The SMILES string of the molecule is CC(CN1CCCC1)NC1CCC2(CC1)OCCO2. The van der Waals surface area contributed by atoms with Crippen molar-refractivity contribution >= 4 is 0 Å². The van der Waals surface area contributed by atoms with Crippen LogP contribution in [0.5, 0.6) is 0 Å². The summed E-state index contributed by atoms with van der Waals surface area (Å²) in [6.07, 6.45) is 7.25. The van der Waals surface area contributed by atoms with Crippen LogP contribution in [0.3, 0.4) is 0 Å². The lowest BCUT2D eigenvalue weighted by molar-refractivity contribution is -0.179. The molecule has 4 heteroatoms. The number of rotatable bonds is 4. The molecule has 1 spiro atoms. The fourth-order valence-electron chi connectivity index (χ4n) is 3.82. The van der Waals surface area contributed by atoms with Crippen LogP contribution in [0.2, 0.25) is 0 Å². The molecular weight excluding hydrogens is 240 g/mol. The quantitative estimate of drug-likeness (QED) is 0.842. The monoisotopic (exact) mass is 268 g/mol. The molecule has 2 aliphatic heterocycles. The fourth-order valence-corrected chi connectivity index (χ4v) is 3.82. The number of hydrogen-bond donors (Lipinski definition) is 1. The Morgan fingerprint density at radius 2 is 1.79 bits per heavy atom. The zero-order valence-electron chi connectivity index (χ0n) is 12.2. The van der Waals surface area contributed by atoms with E-state index in [4.69, 9.17) is 9.47 Å². The highest BCUT2D eigenvalue weighted by Crippen LogP contribution is 2.35. The van der Waals surface area contributed by atoms with Crippen LogP contribution in [-0.2, 0) is 9.47 Å². The Kier molecular flexibility index (Phi) is 4.42. The van der Waals surface area contributed by atoms with Crippen molar-refractivity contribution in [3.8, 4) is 0 Å². The lowest BCUT2D eigenvalue weighted by Crippen LogP contribution is -2.47. The summed E-state index contributed by atoms with van der Waals surface area (Å²) >= 11 is 0. The van der Waals surface area contributed by atoms with Crippen molar-refractivity contribution in [3.63, 3.8) is 0 Å². The Balaban J connectivity index is 1.39. The van der Waals surface area contributed by atoms with E-state index in [2.05, 4.69) is 17.1 Å². The van der Waals surface area contributed by atoms with Gasteiger partial charge in [-0.1, -0.05) is 0 Å². The summed E-state index contributed by atoms with van der Waals surface area (Å²) in [5, 5.41) is 3.80. The van der Waals surface area contributed by atoms with Gasteiger partial charge in [-0.25, -0.2) is 0 Å². The molecule has 2 heterocycles. The third-order valence-electron chi connectivity index (χ3n) is 4.81. The fraction of sp³-hybridized carbons (Fsp3) is 1.00. The predicted molar refractivity (Wildman–Crippen MR) is 75.2 cm³/mol. The van der Waals surface area contributed by atoms with Gasteiger partial charge in [-0.3, -0.25) is 0 Å². The van der Waals surface area contributed by atoms with Gasteiger partial charge < -0.3 is 19.7 Å². The Morgan fingerprint density at radius 1 is 1.16 bits per heavy atom. The molecule has 1 unspecified atom stereocenters. The lowest BCUT2D eigenvalue weighted by atomic mass is 9.89. The van der Waals surface area contributed by atoms with E-state index in [1.165, 1.54) is 45.3 Å². The molecule has 110 valence electrons. The van der Waals surface area contributed by atoms with Crippen molar-refractivity contribution in [3.05, 3.63) is 0 Å². The van der Waals surface area contributed by atoms with E-state index in [1.54, 1.807) is 0 Å². The minimum absolute atomic E-state index is 0.212. The molecule has 0 radical (unpaired) electrons. The van der Waals surface area contributed by atoms with E-state index in [1.807, 2.05) is 0 Å². The average molecular weight is 268 g/mol. The average Bonchev–Trinajstić information content (AvgIpc) is 3.05. The molecular formula is C15H28N2O2. The largest absolute Gasteiger partial charge is 0.348 e. The Bertz CT molecular complexity index is 276. The predicted octanol–water partition coefficient (Wildman–Crippen LogP) is 1.75. The molecule has 0 aromatic heterocycles. The highest BCUT2D eigenvalue weighted by atomic mass is 16.7. The van der Waals surface area contributed by atoms with Crippen LogP contribution < -0.4 is 5.32 Å². The van der Waals surface area contributed by atoms with Crippen LogP contribution in [0, 0.1) is 0 Å². The number of nitrogens with zero attached hydrogens (tertiary/aromatic N) is 1. The molecule has 2 saturated heterocycles. The zero-order valence-corrected chi connectivity index (χ0v) is 12.2. The van der Waals surface area contributed by atoms with Crippen molar-refractivity contribution in [2.75, 3.05) is 32.8 Å². The molecule has 3 rings (SSSR count). The van der Waals surface area contributed by atoms with E-state index in [0.717, 1.165) is 26.1 Å². The summed E-state index contributed by atoms with van der Waals surface area (Å²) in [6.45, 7) is 7.68. The van der Waals surface area contributed by atoms with Crippen LogP contribution in [0.1, 0.15) is 45.4 Å².